The van der Waals surface area contributed by atoms with Gasteiger partial charge in [0.2, 0.25) is 15.9 Å². The third kappa shape index (κ3) is 5.69. The molecule has 2 aromatic carbocycles. The number of oxazole rings is 1. The minimum atomic E-state index is -3.60. The van der Waals surface area contributed by atoms with Crippen molar-refractivity contribution in [1.82, 2.24) is 14.6 Å². The Kier molecular flexibility index (Phi) is 7.25. The van der Waals surface area contributed by atoms with Gasteiger partial charge in [-0.1, -0.05) is 36.6 Å². The van der Waals surface area contributed by atoms with Gasteiger partial charge in [-0.3, -0.25) is 4.79 Å². The van der Waals surface area contributed by atoms with Gasteiger partial charge in [0.1, 0.15) is 6.26 Å². The van der Waals surface area contributed by atoms with Gasteiger partial charge < -0.3 is 9.73 Å². The van der Waals surface area contributed by atoms with Crippen molar-refractivity contribution in [3.63, 3.8) is 0 Å². The SMILES string of the molecule is Cc1ccc(-c2nc(CCNC(=O)c3cccc(S(=O)(=O)N4CCCCCC4)c3)co2)cc1. The summed E-state index contributed by atoms with van der Waals surface area (Å²) in [6, 6.07) is 14.2. The number of carbonyl (C=O) groups excluding carboxylic acids is 1. The lowest BCUT2D eigenvalue weighted by atomic mass is 10.1. The summed E-state index contributed by atoms with van der Waals surface area (Å²) in [7, 11) is -3.60. The number of nitrogens with zero attached hydrogens (tertiary/aromatic N) is 2. The van der Waals surface area contributed by atoms with E-state index in [-0.39, 0.29) is 10.8 Å². The van der Waals surface area contributed by atoms with Gasteiger partial charge in [-0.25, -0.2) is 13.4 Å². The molecule has 33 heavy (non-hydrogen) atoms. The van der Waals surface area contributed by atoms with Crippen LogP contribution < -0.4 is 5.32 Å². The predicted molar refractivity (Wildman–Crippen MR) is 126 cm³/mol. The molecule has 0 bridgehead atoms. The number of benzene rings is 2. The summed E-state index contributed by atoms with van der Waals surface area (Å²) in [5.74, 6) is 0.230. The average Bonchev–Trinajstić information content (AvgIpc) is 3.11. The maximum atomic E-state index is 13.0. The second-order valence-electron chi connectivity index (χ2n) is 8.36. The molecule has 8 heteroatoms. The number of nitrogens with one attached hydrogen (secondary N) is 1. The van der Waals surface area contributed by atoms with E-state index in [0.29, 0.717) is 37.5 Å². The maximum absolute atomic E-state index is 13.0. The largest absolute Gasteiger partial charge is 0.444 e. The number of aromatic nitrogens is 1. The molecule has 3 aromatic rings. The molecule has 0 atom stereocenters. The van der Waals surface area contributed by atoms with Crippen LogP contribution in [-0.4, -0.2) is 43.2 Å². The molecule has 0 aliphatic carbocycles. The lowest BCUT2D eigenvalue weighted by Crippen LogP contribution is -2.32. The lowest BCUT2D eigenvalue weighted by molar-refractivity contribution is 0.0954. The summed E-state index contributed by atoms with van der Waals surface area (Å²) in [5, 5.41) is 2.84. The van der Waals surface area contributed by atoms with Crippen LogP contribution in [-0.2, 0) is 16.4 Å². The highest BCUT2D eigenvalue weighted by molar-refractivity contribution is 7.89. The van der Waals surface area contributed by atoms with Crippen LogP contribution in [0.5, 0.6) is 0 Å². The monoisotopic (exact) mass is 467 g/mol. The van der Waals surface area contributed by atoms with Crippen LogP contribution in [0.2, 0.25) is 0 Å². The van der Waals surface area contributed by atoms with Gasteiger partial charge in [0.05, 0.1) is 10.6 Å². The van der Waals surface area contributed by atoms with Crippen molar-refractivity contribution >= 4 is 15.9 Å². The Bertz CT molecular complexity index is 1190. The van der Waals surface area contributed by atoms with Gasteiger partial charge in [0, 0.05) is 37.2 Å². The molecule has 0 radical (unpaired) electrons. The molecule has 0 saturated carbocycles. The van der Waals surface area contributed by atoms with Crippen LogP contribution >= 0.6 is 0 Å². The Morgan fingerprint density at radius 3 is 2.52 bits per heavy atom. The summed E-state index contributed by atoms with van der Waals surface area (Å²) < 4.78 is 33.1. The third-order valence-electron chi connectivity index (χ3n) is 5.82. The fraction of sp³-hybridized carbons (Fsp3) is 0.360. The molecule has 1 saturated heterocycles. The van der Waals surface area contributed by atoms with Crippen LogP contribution in [0.4, 0.5) is 0 Å². The molecular weight excluding hydrogens is 438 g/mol. The number of sulfonamides is 1. The summed E-state index contributed by atoms with van der Waals surface area (Å²) in [4.78, 5) is 17.3. The third-order valence-corrected chi connectivity index (χ3v) is 7.71. The van der Waals surface area contributed by atoms with Crippen molar-refractivity contribution in [3.05, 3.63) is 71.6 Å². The normalized spacial score (nSPS) is 15.2. The smallest absolute Gasteiger partial charge is 0.251 e. The van der Waals surface area contributed by atoms with E-state index in [1.54, 1.807) is 24.5 Å². The van der Waals surface area contributed by atoms with E-state index >= 15 is 0 Å². The molecule has 0 unspecified atom stereocenters. The van der Waals surface area contributed by atoms with Crippen LogP contribution in [0, 0.1) is 6.92 Å². The molecule has 1 aliphatic rings. The first kappa shape index (κ1) is 23.2. The van der Waals surface area contributed by atoms with Crippen molar-refractivity contribution in [2.24, 2.45) is 0 Å². The Balaban J connectivity index is 1.36. The van der Waals surface area contributed by atoms with Crippen LogP contribution in [0.15, 0.2) is 64.1 Å². The first-order chi connectivity index (χ1) is 15.9. The lowest BCUT2D eigenvalue weighted by Gasteiger charge is -2.20. The maximum Gasteiger partial charge on any atom is 0.251 e. The van der Waals surface area contributed by atoms with Crippen molar-refractivity contribution in [3.8, 4) is 11.5 Å². The highest BCUT2D eigenvalue weighted by atomic mass is 32.2. The van der Waals surface area contributed by atoms with E-state index in [2.05, 4.69) is 10.3 Å². The van der Waals surface area contributed by atoms with E-state index < -0.39 is 10.0 Å². The van der Waals surface area contributed by atoms with E-state index in [4.69, 9.17) is 4.42 Å². The Morgan fingerprint density at radius 1 is 1.06 bits per heavy atom. The average molecular weight is 468 g/mol. The van der Waals surface area contributed by atoms with Crippen LogP contribution in [0.3, 0.4) is 0 Å². The fourth-order valence-electron chi connectivity index (χ4n) is 3.89. The van der Waals surface area contributed by atoms with E-state index in [9.17, 15) is 13.2 Å². The zero-order chi connectivity index (χ0) is 23.3. The predicted octanol–water partition coefficient (Wildman–Crippen LogP) is 4.19. The van der Waals surface area contributed by atoms with Crippen LogP contribution in [0.1, 0.15) is 47.3 Å². The van der Waals surface area contributed by atoms with E-state index in [1.165, 1.54) is 10.4 Å². The number of carbonyl (C=O) groups is 1. The van der Waals surface area contributed by atoms with Gasteiger partial charge in [-0.05, 0) is 50.1 Å². The van der Waals surface area contributed by atoms with Gasteiger partial charge >= 0.3 is 0 Å². The van der Waals surface area contributed by atoms with Crippen molar-refractivity contribution < 1.29 is 17.6 Å². The number of rotatable bonds is 7. The van der Waals surface area contributed by atoms with Gasteiger partial charge in [0.25, 0.3) is 5.91 Å². The molecular formula is C25H29N3O4S. The quantitative estimate of drug-likeness (QED) is 0.563. The highest BCUT2D eigenvalue weighted by Crippen LogP contribution is 2.22. The summed E-state index contributed by atoms with van der Waals surface area (Å²) in [6.45, 7) is 3.44. The zero-order valence-electron chi connectivity index (χ0n) is 18.8. The molecule has 1 N–H and O–H groups in total. The van der Waals surface area contributed by atoms with Gasteiger partial charge in [-0.15, -0.1) is 0 Å². The Hall–Kier alpha value is -2.97. The topological polar surface area (TPSA) is 92.5 Å². The second kappa shape index (κ2) is 10.3. The second-order valence-corrected chi connectivity index (χ2v) is 10.3. The zero-order valence-corrected chi connectivity index (χ0v) is 19.6. The first-order valence-electron chi connectivity index (χ1n) is 11.3. The molecule has 4 rings (SSSR count). The van der Waals surface area contributed by atoms with Crippen molar-refractivity contribution in [2.45, 2.75) is 43.9 Å². The molecule has 0 spiro atoms. The number of hydrogen-bond donors (Lipinski definition) is 1. The van der Waals surface area contributed by atoms with Gasteiger partial charge in [0.15, 0.2) is 0 Å². The molecule has 1 fully saturated rings. The first-order valence-corrected chi connectivity index (χ1v) is 12.8. The fourth-order valence-corrected chi connectivity index (χ4v) is 5.45. The standard InChI is InChI=1S/C25H29N3O4S/c1-19-9-11-20(12-10-19)25-27-22(18-32-25)13-14-26-24(29)21-7-6-8-23(17-21)33(30,31)28-15-4-2-3-5-16-28/h6-12,17-18H,2-5,13-16H2,1H3,(H,26,29). The summed E-state index contributed by atoms with van der Waals surface area (Å²) >= 11 is 0. The minimum Gasteiger partial charge on any atom is -0.444 e. The molecule has 1 aliphatic heterocycles. The van der Waals surface area contributed by atoms with E-state index in [1.807, 2.05) is 31.2 Å². The molecule has 174 valence electrons. The molecule has 7 nitrogen and oxygen atoms in total. The highest BCUT2D eigenvalue weighted by Gasteiger charge is 2.25. The molecule has 2 heterocycles. The summed E-state index contributed by atoms with van der Waals surface area (Å²) in [6.07, 6.45) is 5.93. The number of hydrogen-bond acceptors (Lipinski definition) is 5. The Morgan fingerprint density at radius 2 is 1.79 bits per heavy atom. The summed E-state index contributed by atoms with van der Waals surface area (Å²) in [5.41, 5.74) is 3.13. The molecule has 1 amide bonds. The number of amides is 1. The minimum absolute atomic E-state index is 0.163. The number of aryl methyl sites for hydroxylation is 1. The van der Waals surface area contributed by atoms with Crippen molar-refractivity contribution in [2.75, 3.05) is 19.6 Å². The Labute approximate surface area is 194 Å². The van der Waals surface area contributed by atoms with E-state index in [0.717, 1.165) is 42.5 Å². The van der Waals surface area contributed by atoms with Gasteiger partial charge in [-0.2, -0.15) is 4.31 Å². The molecule has 1 aromatic heterocycles. The van der Waals surface area contributed by atoms with Crippen molar-refractivity contribution in [1.29, 1.82) is 0 Å². The van der Waals surface area contributed by atoms with Crippen LogP contribution in [0.25, 0.3) is 11.5 Å².